The number of rotatable bonds is 1. The molecule has 0 N–H and O–H groups in total. The standard InChI is InChI=1S/C6H2Cl3NO/c7-3-1-4(8)6(9)10-5(3)2-11/h1-2H. The summed E-state index contributed by atoms with van der Waals surface area (Å²) >= 11 is 16.6. The molecule has 0 aliphatic heterocycles. The van der Waals surface area contributed by atoms with Gasteiger partial charge in [-0.1, -0.05) is 34.8 Å². The molecule has 1 aromatic heterocycles. The van der Waals surface area contributed by atoms with Gasteiger partial charge in [0.25, 0.3) is 0 Å². The Morgan fingerprint density at radius 3 is 2.45 bits per heavy atom. The van der Waals surface area contributed by atoms with E-state index in [9.17, 15) is 4.79 Å². The zero-order chi connectivity index (χ0) is 8.43. The highest BCUT2D eigenvalue weighted by atomic mass is 35.5. The number of nitrogens with zero attached hydrogens (tertiary/aromatic N) is 1. The van der Waals surface area contributed by atoms with E-state index in [-0.39, 0.29) is 20.9 Å². The van der Waals surface area contributed by atoms with Gasteiger partial charge in [-0.05, 0) is 6.07 Å². The van der Waals surface area contributed by atoms with Gasteiger partial charge in [0.15, 0.2) is 6.29 Å². The van der Waals surface area contributed by atoms with Crippen molar-refractivity contribution in [1.82, 2.24) is 4.98 Å². The number of hydrogen-bond acceptors (Lipinski definition) is 2. The van der Waals surface area contributed by atoms with E-state index in [1.807, 2.05) is 0 Å². The third kappa shape index (κ3) is 1.83. The van der Waals surface area contributed by atoms with Crippen LogP contribution < -0.4 is 0 Å². The predicted molar refractivity (Wildman–Crippen MR) is 44.7 cm³/mol. The molecule has 2 nitrogen and oxygen atoms in total. The van der Waals surface area contributed by atoms with Crippen LogP contribution in [0.5, 0.6) is 0 Å². The van der Waals surface area contributed by atoms with Crippen LogP contribution in [0.4, 0.5) is 0 Å². The molecule has 0 unspecified atom stereocenters. The normalized spacial score (nSPS) is 9.73. The quantitative estimate of drug-likeness (QED) is 0.527. The second-order valence-electron chi connectivity index (χ2n) is 1.75. The maximum absolute atomic E-state index is 10.2. The second kappa shape index (κ2) is 3.39. The lowest BCUT2D eigenvalue weighted by atomic mass is 10.4. The van der Waals surface area contributed by atoms with Crippen LogP contribution in [0.25, 0.3) is 0 Å². The van der Waals surface area contributed by atoms with E-state index in [4.69, 9.17) is 34.8 Å². The summed E-state index contributed by atoms with van der Waals surface area (Å²) in [5.41, 5.74) is 0.0982. The van der Waals surface area contributed by atoms with Crippen LogP contribution in [0.1, 0.15) is 10.5 Å². The van der Waals surface area contributed by atoms with Crippen molar-refractivity contribution >= 4 is 41.1 Å². The summed E-state index contributed by atoms with van der Waals surface area (Å²) in [6.07, 6.45) is 0.518. The first-order chi connectivity index (χ1) is 5.15. The zero-order valence-electron chi connectivity index (χ0n) is 5.14. The van der Waals surface area contributed by atoms with Crippen LogP contribution in [0, 0.1) is 0 Å². The summed E-state index contributed by atoms with van der Waals surface area (Å²) in [4.78, 5) is 13.9. The average molecular weight is 210 g/mol. The fourth-order valence-corrected chi connectivity index (χ4v) is 1.09. The van der Waals surface area contributed by atoms with Gasteiger partial charge >= 0.3 is 0 Å². The molecule has 0 aliphatic carbocycles. The summed E-state index contributed by atoms with van der Waals surface area (Å²) in [5, 5.41) is 0.523. The van der Waals surface area contributed by atoms with E-state index < -0.39 is 0 Å². The lowest BCUT2D eigenvalue weighted by Crippen LogP contribution is -1.88. The smallest absolute Gasteiger partial charge is 0.170 e. The van der Waals surface area contributed by atoms with E-state index in [0.29, 0.717) is 6.29 Å². The van der Waals surface area contributed by atoms with Gasteiger partial charge in [-0.25, -0.2) is 4.98 Å². The van der Waals surface area contributed by atoms with Crippen LogP contribution in [-0.2, 0) is 0 Å². The Balaban J connectivity index is 3.31. The molecule has 1 aromatic rings. The van der Waals surface area contributed by atoms with E-state index in [1.165, 1.54) is 6.07 Å². The third-order valence-corrected chi connectivity index (χ3v) is 2.00. The maximum atomic E-state index is 10.2. The summed E-state index contributed by atoms with van der Waals surface area (Å²) in [7, 11) is 0. The summed E-state index contributed by atoms with van der Waals surface area (Å²) in [6.45, 7) is 0. The fourth-order valence-electron chi connectivity index (χ4n) is 0.540. The number of hydrogen-bond donors (Lipinski definition) is 0. The molecule has 0 bridgehead atoms. The van der Waals surface area contributed by atoms with E-state index in [2.05, 4.69) is 4.98 Å². The van der Waals surface area contributed by atoms with Gasteiger partial charge < -0.3 is 0 Å². The fraction of sp³-hybridized carbons (Fsp3) is 0. The molecular formula is C6H2Cl3NO. The number of aldehydes is 1. The molecule has 0 fully saturated rings. The van der Waals surface area contributed by atoms with Crippen molar-refractivity contribution < 1.29 is 4.79 Å². The lowest BCUT2D eigenvalue weighted by Gasteiger charge is -1.97. The summed E-state index contributed by atoms with van der Waals surface area (Å²) in [6, 6.07) is 1.38. The van der Waals surface area contributed by atoms with Gasteiger partial charge in [-0.3, -0.25) is 4.79 Å². The van der Waals surface area contributed by atoms with Crippen molar-refractivity contribution in [3.63, 3.8) is 0 Å². The molecule has 0 aliphatic rings. The molecule has 5 heteroatoms. The largest absolute Gasteiger partial charge is 0.296 e. The Bertz CT molecular complexity index is 300. The first-order valence-corrected chi connectivity index (χ1v) is 3.75. The minimum Gasteiger partial charge on any atom is -0.296 e. The molecule has 0 atom stereocenters. The van der Waals surface area contributed by atoms with Crippen molar-refractivity contribution in [1.29, 1.82) is 0 Å². The topological polar surface area (TPSA) is 30.0 Å². The summed E-state index contributed by atoms with van der Waals surface area (Å²) in [5.74, 6) is 0. The van der Waals surface area contributed by atoms with Gasteiger partial charge in [0, 0.05) is 0 Å². The SMILES string of the molecule is O=Cc1nc(Cl)c(Cl)cc1Cl. The van der Waals surface area contributed by atoms with Crippen LogP contribution in [0.2, 0.25) is 15.2 Å². The van der Waals surface area contributed by atoms with Crippen molar-refractivity contribution in [2.24, 2.45) is 0 Å². The Morgan fingerprint density at radius 2 is 1.91 bits per heavy atom. The van der Waals surface area contributed by atoms with Crippen LogP contribution in [-0.4, -0.2) is 11.3 Å². The number of carbonyl (C=O) groups excluding carboxylic acids is 1. The number of carbonyl (C=O) groups is 1. The molecule has 58 valence electrons. The Hall–Kier alpha value is -0.310. The molecular weight excluding hydrogens is 208 g/mol. The molecule has 0 amide bonds. The van der Waals surface area contributed by atoms with E-state index in [0.717, 1.165) is 0 Å². The maximum Gasteiger partial charge on any atom is 0.170 e. The number of halogens is 3. The molecule has 0 radical (unpaired) electrons. The third-order valence-electron chi connectivity index (χ3n) is 1.03. The Kier molecular flexibility index (Phi) is 2.71. The highest BCUT2D eigenvalue weighted by Crippen LogP contribution is 2.24. The number of pyridine rings is 1. The molecule has 0 spiro atoms. The van der Waals surface area contributed by atoms with E-state index in [1.54, 1.807) is 0 Å². The molecule has 1 rings (SSSR count). The van der Waals surface area contributed by atoms with Crippen LogP contribution in [0.15, 0.2) is 6.07 Å². The van der Waals surface area contributed by atoms with Crippen LogP contribution in [0.3, 0.4) is 0 Å². The molecule has 0 aromatic carbocycles. The zero-order valence-corrected chi connectivity index (χ0v) is 7.41. The first-order valence-electron chi connectivity index (χ1n) is 2.62. The van der Waals surface area contributed by atoms with Gasteiger partial charge in [-0.15, -0.1) is 0 Å². The van der Waals surface area contributed by atoms with Gasteiger partial charge in [0.05, 0.1) is 10.0 Å². The Morgan fingerprint density at radius 1 is 1.27 bits per heavy atom. The monoisotopic (exact) mass is 209 g/mol. The first kappa shape index (κ1) is 8.78. The van der Waals surface area contributed by atoms with Gasteiger partial charge in [0.2, 0.25) is 0 Å². The minimum atomic E-state index is 0.0816. The molecule has 0 saturated carbocycles. The minimum absolute atomic E-state index is 0.0816. The van der Waals surface area contributed by atoms with Crippen molar-refractivity contribution in [2.75, 3.05) is 0 Å². The second-order valence-corrected chi connectivity index (χ2v) is 2.92. The highest BCUT2D eigenvalue weighted by Gasteiger charge is 2.05. The lowest BCUT2D eigenvalue weighted by molar-refractivity contribution is 0.111. The molecule has 1 heterocycles. The van der Waals surface area contributed by atoms with E-state index >= 15 is 0 Å². The summed E-state index contributed by atoms with van der Waals surface area (Å²) < 4.78 is 0. The molecule has 0 saturated heterocycles. The predicted octanol–water partition coefficient (Wildman–Crippen LogP) is 2.85. The van der Waals surface area contributed by atoms with Crippen molar-refractivity contribution in [3.8, 4) is 0 Å². The number of aromatic nitrogens is 1. The highest BCUT2D eigenvalue weighted by molar-refractivity contribution is 6.42. The van der Waals surface area contributed by atoms with Crippen molar-refractivity contribution in [3.05, 3.63) is 27.0 Å². The average Bonchev–Trinajstić information content (AvgIpc) is 1.97. The van der Waals surface area contributed by atoms with Gasteiger partial charge in [0.1, 0.15) is 10.8 Å². The van der Waals surface area contributed by atoms with Crippen LogP contribution >= 0.6 is 34.8 Å². The molecule has 11 heavy (non-hydrogen) atoms. The van der Waals surface area contributed by atoms with Crippen molar-refractivity contribution in [2.45, 2.75) is 0 Å². The van der Waals surface area contributed by atoms with Gasteiger partial charge in [-0.2, -0.15) is 0 Å². The Labute approximate surface area is 78.1 Å².